The third-order valence-electron chi connectivity index (χ3n) is 3.10. The molecule has 0 aromatic carbocycles. The van der Waals surface area contributed by atoms with Gasteiger partial charge >= 0.3 is 0 Å². The number of pyridine rings is 1. The molecule has 0 spiro atoms. The van der Waals surface area contributed by atoms with Gasteiger partial charge in [0.2, 0.25) is 0 Å². The molecule has 19 heavy (non-hydrogen) atoms. The maximum Gasteiger partial charge on any atom is 0.256 e. The van der Waals surface area contributed by atoms with Crippen LogP contribution < -0.4 is 10.6 Å². The van der Waals surface area contributed by atoms with E-state index in [1.807, 2.05) is 24.3 Å². The number of nitrogens with one attached hydrogen (secondary N) is 2. The van der Waals surface area contributed by atoms with E-state index >= 15 is 0 Å². The first kappa shape index (κ1) is 12.2. The minimum Gasteiger partial charge on any atom is -0.351 e. The van der Waals surface area contributed by atoms with Crippen LogP contribution in [0.3, 0.4) is 0 Å². The van der Waals surface area contributed by atoms with Crippen molar-refractivity contribution in [3.05, 3.63) is 46.6 Å². The third-order valence-corrected chi connectivity index (χ3v) is 4.47. The molecule has 1 atom stereocenters. The summed E-state index contributed by atoms with van der Waals surface area (Å²) >= 11 is 1.65. The van der Waals surface area contributed by atoms with Crippen molar-refractivity contribution >= 4 is 22.2 Å². The van der Waals surface area contributed by atoms with Crippen LogP contribution in [0.1, 0.15) is 46.9 Å². The number of carbonyl (C=O) groups excluding carboxylic acids is 1. The number of hydrogen-bond donors (Lipinski definition) is 2. The van der Waals surface area contributed by atoms with Crippen molar-refractivity contribution < 1.29 is 4.79 Å². The number of aromatic nitrogens is 1. The molecule has 1 amide bonds. The minimum absolute atomic E-state index is 0.0347. The van der Waals surface area contributed by atoms with E-state index < -0.39 is 0 Å². The number of carbonyl (C=O) groups is 1. The summed E-state index contributed by atoms with van der Waals surface area (Å²) in [6.45, 7) is 4.26. The molecule has 2 aromatic heterocycles. The standard InChI is InChI=1S/C14H15N3OS/c1-8(2)11-7-9-13(18)16-12(17-14(9)19-11)10-5-3-4-6-15-10/h3-8,12,17H,1-2H3,(H,16,18)/t12-/m1/s1. The quantitative estimate of drug-likeness (QED) is 0.884. The van der Waals surface area contributed by atoms with Crippen LogP contribution in [0.25, 0.3) is 0 Å². The number of anilines is 1. The highest BCUT2D eigenvalue weighted by atomic mass is 32.1. The highest BCUT2D eigenvalue weighted by molar-refractivity contribution is 7.16. The molecule has 2 aromatic rings. The van der Waals surface area contributed by atoms with Crippen LogP contribution in [0.4, 0.5) is 5.00 Å². The Labute approximate surface area is 115 Å². The zero-order valence-electron chi connectivity index (χ0n) is 10.8. The van der Waals surface area contributed by atoms with Crippen LogP contribution in [0.5, 0.6) is 0 Å². The van der Waals surface area contributed by atoms with Gasteiger partial charge in [-0.05, 0) is 24.1 Å². The molecule has 0 saturated carbocycles. The van der Waals surface area contributed by atoms with E-state index in [4.69, 9.17) is 0 Å². The van der Waals surface area contributed by atoms with Gasteiger partial charge < -0.3 is 10.6 Å². The van der Waals surface area contributed by atoms with Gasteiger partial charge in [-0.1, -0.05) is 19.9 Å². The summed E-state index contributed by atoms with van der Waals surface area (Å²) in [5.41, 5.74) is 1.56. The first-order valence-corrected chi connectivity index (χ1v) is 7.09. The summed E-state index contributed by atoms with van der Waals surface area (Å²) in [6.07, 6.45) is 1.48. The second-order valence-corrected chi connectivity index (χ2v) is 5.94. The Balaban J connectivity index is 1.94. The van der Waals surface area contributed by atoms with Crippen LogP contribution in [0, 0.1) is 0 Å². The number of fused-ring (bicyclic) bond motifs is 1. The predicted octanol–water partition coefficient (Wildman–Crippen LogP) is 3.12. The van der Waals surface area contributed by atoms with E-state index in [2.05, 4.69) is 29.5 Å². The normalized spacial score (nSPS) is 17.8. The molecular weight excluding hydrogens is 258 g/mol. The first-order valence-electron chi connectivity index (χ1n) is 6.27. The number of rotatable bonds is 2. The van der Waals surface area contributed by atoms with Crippen LogP contribution in [0.15, 0.2) is 30.5 Å². The smallest absolute Gasteiger partial charge is 0.256 e. The van der Waals surface area contributed by atoms with E-state index in [1.165, 1.54) is 4.88 Å². The average Bonchev–Trinajstić information content (AvgIpc) is 2.84. The summed E-state index contributed by atoms with van der Waals surface area (Å²) in [6, 6.07) is 7.66. The van der Waals surface area contributed by atoms with Gasteiger partial charge in [0.05, 0.1) is 11.3 Å². The van der Waals surface area contributed by atoms with Crippen LogP contribution in [0.2, 0.25) is 0 Å². The molecule has 1 aliphatic heterocycles. The Kier molecular flexibility index (Phi) is 2.98. The summed E-state index contributed by atoms with van der Waals surface area (Å²) in [5, 5.41) is 7.21. The van der Waals surface area contributed by atoms with Gasteiger partial charge in [0.15, 0.2) is 0 Å². The van der Waals surface area contributed by atoms with Crippen molar-refractivity contribution in [3.8, 4) is 0 Å². The van der Waals surface area contributed by atoms with E-state index in [1.54, 1.807) is 17.5 Å². The van der Waals surface area contributed by atoms with Crippen molar-refractivity contribution in [1.82, 2.24) is 10.3 Å². The lowest BCUT2D eigenvalue weighted by Gasteiger charge is -2.24. The molecule has 5 heteroatoms. The topological polar surface area (TPSA) is 54.0 Å². The lowest BCUT2D eigenvalue weighted by Crippen LogP contribution is -2.38. The minimum atomic E-state index is -0.250. The van der Waals surface area contributed by atoms with E-state index in [0.29, 0.717) is 5.92 Å². The summed E-state index contributed by atoms with van der Waals surface area (Å²) in [4.78, 5) is 17.6. The zero-order valence-corrected chi connectivity index (χ0v) is 11.6. The molecule has 98 valence electrons. The van der Waals surface area contributed by atoms with Crippen LogP contribution in [-0.4, -0.2) is 10.9 Å². The van der Waals surface area contributed by atoms with Gasteiger partial charge in [-0.2, -0.15) is 0 Å². The van der Waals surface area contributed by atoms with Crippen LogP contribution in [-0.2, 0) is 0 Å². The molecule has 0 fully saturated rings. The van der Waals surface area contributed by atoms with Crippen LogP contribution >= 0.6 is 11.3 Å². The van der Waals surface area contributed by atoms with Gasteiger partial charge in [0.1, 0.15) is 11.2 Å². The van der Waals surface area contributed by atoms with Gasteiger partial charge in [0, 0.05) is 11.1 Å². The average molecular weight is 273 g/mol. The van der Waals surface area contributed by atoms with E-state index in [9.17, 15) is 4.79 Å². The molecule has 3 heterocycles. The Morgan fingerprint density at radius 2 is 2.16 bits per heavy atom. The molecular formula is C14H15N3OS. The highest BCUT2D eigenvalue weighted by Gasteiger charge is 2.27. The summed E-state index contributed by atoms with van der Waals surface area (Å²) in [7, 11) is 0. The third kappa shape index (κ3) is 2.21. The van der Waals surface area contributed by atoms with Crippen molar-refractivity contribution in [1.29, 1.82) is 0 Å². The van der Waals surface area contributed by atoms with Gasteiger partial charge in [0.25, 0.3) is 5.91 Å². The number of nitrogens with zero attached hydrogens (tertiary/aromatic N) is 1. The predicted molar refractivity (Wildman–Crippen MR) is 76.5 cm³/mol. The maximum atomic E-state index is 12.1. The molecule has 0 saturated heterocycles. The van der Waals surface area contributed by atoms with Crippen molar-refractivity contribution in [2.45, 2.75) is 25.9 Å². The largest absolute Gasteiger partial charge is 0.351 e. The molecule has 1 aliphatic rings. The zero-order chi connectivity index (χ0) is 13.4. The number of amides is 1. The molecule has 4 nitrogen and oxygen atoms in total. The van der Waals surface area contributed by atoms with Gasteiger partial charge in [-0.15, -0.1) is 11.3 Å². The Hall–Kier alpha value is -1.88. The second kappa shape index (κ2) is 4.66. The lowest BCUT2D eigenvalue weighted by molar-refractivity contribution is 0.0935. The second-order valence-electron chi connectivity index (χ2n) is 4.85. The fourth-order valence-corrected chi connectivity index (χ4v) is 3.13. The lowest BCUT2D eigenvalue weighted by atomic mass is 10.1. The van der Waals surface area contributed by atoms with Gasteiger partial charge in [-0.25, -0.2) is 0 Å². The van der Waals surface area contributed by atoms with Crippen molar-refractivity contribution in [2.75, 3.05) is 5.32 Å². The fourth-order valence-electron chi connectivity index (χ4n) is 2.04. The van der Waals surface area contributed by atoms with E-state index in [0.717, 1.165) is 16.3 Å². The maximum absolute atomic E-state index is 12.1. The van der Waals surface area contributed by atoms with Gasteiger partial charge in [-0.3, -0.25) is 9.78 Å². The Morgan fingerprint density at radius 3 is 2.84 bits per heavy atom. The molecule has 0 radical (unpaired) electrons. The molecule has 3 rings (SSSR count). The Morgan fingerprint density at radius 1 is 1.32 bits per heavy atom. The molecule has 0 aliphatic carbocycles. The Bertz CT molecular complexity index is 606. The summed E-state index contributed by atoms with van der Waals surface area (Å²) in [5.74, 6) is 0.394. The fraction of sp³-hybridized carbons (Fsp3) is 0.286. The number of thiophene rings is 1. The molecule has 0 unspecified atom stereocenters. The van der Waals surface area contributed by atoms with E-state index in [-0.39, 0.29) is 12.1 Å². The molecule has 2 N–H and O–H groups in total. The molecule has 0 bridgehead atoms. The number of hydrogen-bond acceptors (Lipinski definition) is 4. The SMILES string of the molecule is CC(C)c1cc2c(s1)N[C@H](c1ccccn1)NC2=O. The summed E-state index contributed by atoms with van der Waals surface area (Å²) < 4.78 is 0. The van der Waals surface area contributed by atoms with Crippen molar-refractivity contribution in [2.24, 2.45) is 0 Å². The highest BCUT2D eigenvalue weighted by Crippen LogP contribution is 2.36. The first-order chi connectivity index (χ1) is 9.15. The monoisotopic (exact) mass is 273 g/mol. The van der Waals surface area contributed by atoms with Crippen molar-refractivity contribution in [3.63, 3.8) is 0 Å².